The van der Waals surface area contributed by atoms with Gasteiger partial charge in [0.2, 0.25) is 0 Å². The summed E-state index contributed by atoms with van der Waals surface area (Å²) >= 11 is 0. The second kappa shape index (κ2) is 9.97. The third-order valence-corrected chi connectivity index (χ3v) is 7.16. The molecule has 8 nitrogen and oxygen atoms in total. The molecule has 0 amide bonds. The molecule has 1 spiro atoms. The Morgan fingerprint density at radius 3 is 2.58 bits per heavy atom. The van der Waals surface area contributed by atoms with Gasteiger partial charge in [-0.15, -0.1) is 0 Å². The van der Waals surface area contributed by atoms with Crippen molar-refractivity contribution in [1.82, 2.24) is 14.9 Å². The lowest BCUT2D eigenvalue weighted by Crippen LogP contribution is -2.48. The standard InChI is InChI=1S/C28H30N6O2/c1-19(16-29)27(35-2)34-13-12-28(17-34)14-21(15-28)33-26-24(25(30)31-18-32-26)20-8-10-23(11-9-20)36-22-6-4-3-5-7-22/h3-11,18,21,27H,1,12-15,17H2,2H3,(H3,30,31,32,33). The molecule has 1 saturated carbocycles. The maximum absolute atomic E-state index is 9.23. The molecule has 2 fully saturated rings. The van der Waals surface area contributed by atoms with Gasteiger partial charge in [-0.25, -0.2) is 9.97 Å². The Hall–Kier alpha value is -3.93. The Balaban J connectivity index is 1.25. The molecule has 1 aliphatic heterocycles. The van der Waals surface area contributed by atoms with E-state index in [4.69, 9.17) is 15.2 Å². The minimum absolute atomic E-state index is 0.222. The zero-order valence-corrected chi connectivity index (χ0v) is 20.4. The van der Waals surface area contributed by atoms with Gasteiger partial charge in [-0.2, -0.15) is 5.26 Å². The molecule has 1 aliphatic carbocycles. The molecule has 184 valence electrons. The number of nitriles is 1. The Labute approximate surface area is 211 Å². The first-order valence-electron chi connectivity index (χ1n) is 12.1. The van der Waals surface area contributed by atoms with Gasteiger partial charge >= 0.3 is 0 Å². The van der Waals surface area contributed by atoms with Gasteiger partial charge in [-0.3, -0.25) is 4.90 Å². The highest BCUT2D eigenvalue weighted by Gasteiger charge is 2.50. The molecule has 2 heterocycles. The quantitative estimate of drug-likeness (QED) is 0.439. The predicted molar refractivity (Wildman–Crippen MR) is 139 cm³/mol. The first-order valence-corrected chi connectivity index (χ1v) is 12.1. The summed E-state index contributed by atoms with van der Waals surface area (Å²) in [5.74, 6) is 2.70. The number of para-hydroxylation sites is 1. The summed E-state index contributed by atoms with van der Waals surface area (Å²) in [7, 11) is 1.63. The van der Waals surface area contributed by atoms with Crippen LogP contribution in [0, 0.1) is 16.7 Å². The van der Waals surface area contributed by atoms with Crippen LogP contribution < -0.4 is 15.8 Å². The topological polar surface area (TPSA) is 109 Å². The predicted octanol–water partition coefficient (Wildman–Crippen LogP) is 4.84. The summed E-state index contributed by atoms with van der Waals surface area (Å²) in [6.07, 6.45) is 4.27. The first kappa shape index (κ1) is 23.8. The molecule has 1 unspecified atom stereocenters. The highest BCUT2D eigenvalue weighted by Crippen LogP contribution is 2.50. The van der Waals surface area contributed by atoms with Crippen LogP contribution in [0.3, 0.4) is 0 Å². The van der Waals surface area contributed by atoms with Gasteiger partial charge in [-0.1, -0.05) is 36.9 Å². The average molecular weight is 483 g/mol. The molecule has 2 aliphatic rings. The van der Waals surface area contributed by atoms with E-state index >= 15 is 0 Å². The van der Waals surface area contributed by atoms with Crippen LogP contribution in [0.15, 0.2) is 73.1 Å². The van der Waals surface area contributed by atoms with Crippen molar-refractivity contribution in [3.63, 3.8) is 0 Å². The van der Waals surface area contributed by atoms with Crippen LogP contribution in [0.1, 0.15) is 19.3 Å². The monoisotopic (exact) mass is 482 g/mol. The molecule has 0 radical (unpaired) electrons. The Morgan fingerprint density at radius 1 is 1.17 bits per heavy atom. The Bertz CT molecular complexity index is 1270. The van der Waals surface area contributed by atoms with Crippen LogP contribution in [0.4, 0.5) is 11.6 Å². The van der Waals surface area contributed by atoms with Crippen molar-refractivity contribution in [3.05, 3.63) is 73.1 Å². The number of aromatic nitrogens is 2. The molecule has 1 saturated heterocycles. The Morgan fingerprint density at radius 2 is 1.89 bits per heavy atom. The van der Waals surface area contributed by atoms with E-state index in [9.17, 15) is 5.26 Å². The van der Waals surface area contributed by atoms with Crippen molar-refractivity contribution in [2.45, 2.75) is 31.5 Å². The average Bonchev–Trinajstić information content (AvgIpc) is 3.31. The molecular formula is C28H30N6O2. The zero-order chi connectivity index (χ0) is 25.1. The number of hydrogen-bond donors (Lipinski definition) is 2. The first-order chi connectivity index (χ1) is 17.5. The van der Waals surface area contributed by atoms with E-state index in [-0.39, 0.29) is 11.6 Å². The molecule has 5 rings (SSSR count). The number of anilines is 2. The van der Waals surface area contributed by atoms with E-state index in [0.29, 0.717) is 17.4 Å². The fourth-order valence-corrected chi connectivity index (χ4v) is 5.46. The van der Waals surface area contributed by atoms with Crippen LogP contribution in [-0.2, 0) is 4.74 Å². The highest BCUT2D eigenvalue weighted by atomic mass is 16.5. The lowest BCUT2D eigenvalue weighted by molar-refractivity contribution is -0.00335. The number of ether oxygens (including phenoxy) is 2. The molecular weight excluding hydrogens is 452 g/mol. The molecule has 0 bridgehead atoms. The molecule has 8 heteroatoms. The normalized spacial score (nSPS) is 21.9. The summed E-state index contributed by atoms with van der Waals surface area (Å²) in [4.78, 5) is 11.0. The minimum atomic E-state index is -0.344. The fraction of sp³-hybridized carbons (Fsp3) is 0.321. The molecule has 36 heavy (non-hydrogen) atoms. The number of nitrogen functional groups attached to an aromatic ring is 1. The number of nitrogens with two attached hydrogens (primary N) is 1. The van der Waals surface area contributed by atoms with Crippen LogP contribution in [0.5, 0.6) is 11.5 Å². The fourth-order valence-electron chi connectivity index (χ4n) is 5.46. The van der Waals surface area contributed by atoms with Crippen LogP contribution >= 0.6 is 0 Å². The number of methoxy groups -OCH3 is 1. The number of rotatable bonds is 8. The number of nitrogens with one attached hydrogen (secondary N) is 1. The minimum Gasteiger partial charge on any atom is -0.457 e. The van der Waals surface area contributed by atoms with Gasteiger partial charge in [0.05, 0.1) is 17.2 Å². The third kappa shape index (κ3) is 4.76. The number of likely N-dealkylation sites (tertiary alicyclic amines) is 1. The van der Waals surface area contributed by atoms with E-state index in [1.807, 2.05) is 54.6 Å². The molecule has 3 aromatic rings. The van der Waals surface area contributed by atoms with Crippen LogP contribution in [0.2, 0.25) is 0 Å². The number of benzene rings is 2. The van der Waals surface area contributed by atoms with Crippen molar-refractivity contribution in [1.29, 1.82) is 5.26 Å². The van der Waals surface area contributed by atoms with Crippen molar-refractivity contribution in [3.8, 4) is 28.7 Å². The molecule has 3 N–H and O–H groups in total. The van der Waals surface area contributed by atoms with Gasteiger partial charge in [0, 0.05) is 26.2 Å². The maximum atomic E-state index is 9.23. The van der Waals surface area contributed by atoms with E-state index in [1.54, 1.807) is 7.11 Å². The largest absolute Gasteiger partial charge is 0.457 e. The zero-order valence-electron chi connectivity index (χ0n) is 20.4. The Kier molecular flexibility index (Phi) is 6.59. The highest BCUT2D eigenvalue weighted by molar-refractivity contribution is 5.83. The molecule has 1 atom stereocenters. The van der Waals surface area contributed by atoms with Gasteiger partial charge < -0.3 is 20.5 Å². The van der Waals surface area contributed by atoms with Gasteiger partial charge in [0.1, 0.15) is 35.7 Å². The van der Waals surface area contributed by atoms with Gasteiger partial charge in [-0.05, 0) is 54.5 Å². The van der Waals surface area contributed by atoms with E-state index in [0.717, 1.165) is 60.8 Å². The van der Waals surface area contributed by atoms with Gasteiger partial charge in [0.15, 0.2) is 0 Å². The lowest BCUT2D eigenvalue weighted by Gasteiger charge is -2.46. The van der Waals surface area contributed by atoms with Crippen LogP contribution in [-0.4, -0.2) is 47.3 Å². The SMILES string of the molecule is C=C(C#N)C(OC)N1CCC2(CC(Nc3ncnc(N)c3-c3ccc(Oc4ccccc4)cc3)C2)C1. The van der Waals surface area contributed by atoms with E-state index in [2.05, 4.69) is 32.8 Å². The molecule has 1 aromatic heterocycles. The maximum Gasteiger partial charge on any atom is 0.145 e. The second-order valence-corrected chi connectivity index (χ2v) is 9.62. The number of nitrogens with zero attached hydrogens (tertiary/aromatic N) is 4. The lowest BCUT2D eigenvalue weighted by atomic mass is 9.65. The summed E-state index contributed by atoms with van der Waals surface area (Å²) < 4.78 is 11.5. The van der Waals surface area contributed by atoms with Crippen molar-refractivity contribution in [2.24, 2.45) is 5.41 Å². The van der Waals surface area contributed by atoms with Gasteiger partial charge in [0.25, 0.3) is 0 Å². The van der Waals surface area contributed by atoms with Crippen molar-refractivity contribution >= 4 is 11.6 Å². The summed E-state index contributed by atoms with van der Waals surface area (Å²) in [5, 5.41) is 12.8. The summed E-state index contributed by atoms with van der Waals surface area (Å²) in [6, 6.07) is 19.9. The molecule has 2 aromatic carbocycles. The van der Waals surface area contributed by atoms with Crippen molar-refractivity contribution in [2.75, 3.05) is 31.2 Å². The smallest absolute Gasteiger partial charge is 0.145 e. The van der Waals surface area contributed by atoms with Crippen molar-refractivity contribution < 1.29 is 9.47 Å². The summed E-state index contributed by atoms with van der Waals surface area (Å²) in [6.45, 7) is 5.64. The van der Waals surface area contributed by atoms with E-state index < -0.39 is 0 Å². The second-order valence-electron chi connectivity index (χ2n) is 9.62. The number of hydrogen-bond acceptors (Lipinski definition) is 8. The summed E-state index contributed by atoms with van der Waals surface area (Å²) in [5.41, 5.74) is 8.69. The van der Waals surface area contributed by atoms with Crippen LogP contribution in [0.25, 0.3) is 11.1 Å². The third-order valence-electron chi connectivity index (χ3n) is 7.16. The van der Waals surface area contributed by atoms with E-state index in [1.165, 1.54) is 6.33 Å².